The first-order valence-corrected chi connectivity index (χ1v) is 12.8. The monoisotopic (exact) mass is 424 g/mol. The highest BCUT2D eigenvalue weighted by Gasteiger charge is 2.21. The van der Waals surface area contributed by atoms with Crippen LogP contribution in [0.15, 0.2) is 0 Å². The molecule has 0 aromatic heterocycles. The second-order valence-corrected chi connectivity index (χ2v) is 10.1. The molecule has 0 rings (SSSR count). The second-order valence-electron chi connectivity index (χ2n) is 8.65. The lowest BCUT2D eigenvalue weighted by Gasteiger charge is -2.24. The highest BCUT2D eigenvalue weighted by molar-refractivity contribution is 7.47. The Morgan fingerprint density at radius 3 is 1.68 bits per heavy atom. The number of hydrogen-bond acceptors (Lipinski definition) is 4. The number of rotatable bonds is 21. The quantitative estimate of drug-likeness (QED) is 0.149. The fourth-order valence-electron chi connectivity index (χ4n) is 2.78. The number of ether oxygens (including phenoxy) is 1. The maximum absolute atomic E-state index is 11.7. The van der Waals surface area contributed by atoms with Gasteiger partial charge in [0.1, 0.15) is 13.2 Å². The lowest BCUT2D eigenvalue weighted by molar-refractivity contribution is -0.870. The fourth-order valence-corrected chi connectivity index (χ4v) is 3.53. The molecule has 0 aliphatic heterocycles. The second kappa shape index (κ2) is 17.9. The molecule has 0 saturated heterocycles. The van der Waals surface area contributed by atoms with Gasteiger partial charge in [-0.3, -0.25) is 9.05 Å². The van der Waals surface area contributed by atoms with Crippen molar-refractivity contribution in [3.63, 3.8) is 0 Å². The molecular formula is C21H47NO5P+. The van der Waals surface area contributed by atoms with E-state index in [4.69, 9.17) is 13.8 Å². The van der Waals surface area contributed by atoms with Crippen LogP contribution in [0.3, 0.4) is 0 Å². The zero-order chi connectivity index (χ0) is 21.1. The van der Waals surface area contributed by atoms with Crippen molar-refractivity contribution in [2.45, 2.75) is 84.0 Å². The largest absolute Gasteiger partial charge is 0.472 e. The number of nitrogens with zero attached hydrogens (tertiary/aromatic N) is 1. The van der Waals surface area contributed by atoms with Crippen molar-refractivity contribution in [1.82, 2.24) is 0 Å². The standard InChI is InChI=1S/C21H46NO5P/c1-5-6-7-8-9-10-11-12-13-14-15-18-25-19-16-20-26-28(23,24)27-21-17-22(2,3)4/h5-21H2,1-4H3/p+1. The molecule has 6 nitrogen and oxygen atoms in total. The summed E-state index contributed by atoms with van der Waals surface area (Å²) in [4.78, 5) is 9.59. The first-order valence-electron chi connectivity index (χ1n) is 11.3. The van der Waals surface area contributed by atoms with Gasteiger partial charge in [0.25, 0.3) is 0 Å². The Hall–Kier alpha value is 0.0300. The number of hydrogen-bond donors (Lipinski definition) is 1. The summed E-state index contributed by atoms with van der Waals surface area (Å²) in [5.41, 5.74) is 0. The number of quaternary nitrogens is 1. The number of unbranched alkanes of at least 4 members (excludes halogenated alkanes) is 10. The Morgan fingerprint density at radius 1 is 0.679 bits per heavy atom. The van der Waals surface area contributed by atoms with E-state index in [1.165, 1.54) is 64.2 Å². The number of phosphoric acid groups is 1. The maximum Gasteiger partial charge on any atom is 0.472 e. The molecule has 0 radical (unpaired) electrons. The molecule has 0 amide bonds. The van der Waals surface area contributed by atoms with Gasteiger partial charge in [0, 0.05) is 13.2 Å². The zero-order valence-corrected chi connectivity index (χ0v) is 19.9. The SMILES string of the molecule is CCCCCCCCCCCCCOCCCOP(=O)(O)OCC[N+](C)(C)C. The van der Waals surface area contributed by atoms with Gasteiger partial charge >= 0.3 is 7.82 Å². The Labute approximate surface area is 174 Å². The molecule has 0 spiro atoms. The molecule has 0 aromatic carbocycles. The third-order valence-electron chi connectivity index (χ3n) is 4.60. The zero-order valence-electron chi connectivity index (χ0n) is 19.0. The van der Waals surface area contributed by atoms with Crippen molar-refractivity contribution >= 4 is 7.82 Å². The van der Waals surface area contributed by atoms with Crippen LogP contribution in [0, 0.1) is 0 Å². The van der Waals surface area contributed by atoms with Crippen LogP contribution in [-0.2, 0) is 18.3 Å². The molecule has 0 aliphatic rings. The molecule has 0 fully saturated rings. The Kier molecular flexibility index (Phi) is 17.9. The first kappa shape index (κ1) is 28.0. The third-order valence-corrected chi connectivity index (χ3v) is 5.61. The van der Waals surface area contributed by atoms with Crippen LogP contribution in [0.1, 0.15) is 84.0 Å². The Balaban J connectivity index is 3.29. The van der Waals surface area contributed by atoms with Crippen molar-refractivity contribution in [3.05, 3.63) is 0 Å². The highest BCUT2D eigenvalue weighted by atomic mass is 31.2. The smallest absolute Gasteiger partial charge is 0.381 e. The van der Waals surface area contributed by atoms with Gasteiger partial charge in [0.05, 0.1) is 27.7 Å². The molecule has 7 heteroatoms. The predicted molar refractivity (Wildman–Crippen MR) is 117 cm³/mol. The number of phosphoric ester groups is 1. The van der Waals surface area contributed by atoms with Crippen molar-refractivity contribution in [2.24, 2.45) is 0 Å². The van der Waals surface area contributed by atoms with E-state index in [2.05, 4.69) is 6.92 Å². The summed E-state index contributed by atoms with van der Waals surface area (Å²) in [7, 11) is 2.07. The minimum absolute atomic E-state index is 0.177. The molecular weight excluding hydrogens is 377 g/mol. The molecule has 28 heavy (non-hydrogen) atoms. The number of likely N-dealkylation sites (N-methyl/N-ethyl adjacent to an activating group) is 1. The highest BCUT2D eigenvalue weighted by Crippen LogP contribution is 2.43. The Morgan fingerprint density at radius 2 is 1.14 bits per heavy atom. The maximum atomic E-state index is 11.7. The summed E-state index contributed by atoms with van der Waals surface area (Å²) >= 11 is 0. The van der Waals surface area contributed by atoms with E-state index in [1.807, 2.05) is 21.1 Å². The van der Waals surface area contributed by atoms with Gasteiger partial charge < -0.3 is 14.1 Å². The summed E-state index contributed by atoms with van der Waals surface area (Å²) in [5, 5.41) is 0. The van der Waals surface area contributed by atoms with Gasteiger partial charge in [0.2, 0.25) is 0 Å². The van der Waals surface area contributed by atoms with Crippen LogP contribution >= 0.6 is 7.82 Å². The van der Waals surface area contributed by atoms with E-state index in [-0.39, 0.29) is 13.2 Å². The average molecular weight is 425 g/mol. The molecule has 0 aliphatic carbocycles. The van der Waals surface area contributed by atoms with Gasteiger partial charge in [-0.1, -0.05) is 71.1 Å². The lowest BCUT2D eigenvalue weighted by atomic mass is 10.1. The van der Waals surface area contributed by atoms with Gasteiger partial charge in [-0.25, -0.2) is 4.57 Å². The van der Waals surface area contributed by atoms with Gasteiger partial charge in [-0.2, -0.15) is 0 Å². The Bertz CT molecular complexity index is 387. The van der Waals surface area contributed by atoms with E-state index < -0.39 is 7.82 Å². The average Bonchev–Trinajstić information content (AvgIpc) is 2.60. The molecule has 1 N–H and O–H groups in total. The normalized spacial score (nSPS) is 14.3. The molecule has 170 valence electrons. The van der Waals surface area contributed by atoms with Crippen LogP contribution in [0.25, 0.3) is 0 Å². The summed E-state index contributed by atoms with van der Waals surface area (Å²) in [6.07, 6.45) is 15.2. The molecule has 1 atom stereocenters. The van der Waals surface area contributed by atoms with Crippen molar-refractivity contribution in [2.75, 3.05) is 54.1 Å². The van der Waals surface area contributed by atoms with Crippen LogP contribution in [0.2, 0.25) is 0 Å². The fraction of sp³-hybridized carbons (Fsp3) is 1.00. The summed E-state index contributed by atoms with van der Waals surface area (Å²) in [6.45, 7) is 4.60. The van der Waals surface area contributed by atoms with E-state index in [1.54, 1.807) is 0 Å². The summed E-state index contributed by atoms with van der Waals surface area (Å²) in [6, 6.07) is 0. The van der Waals surface area contributed by atoms with Gasteiger partial charge in [-0.05, 0) is 12.8 Å². The minimum atomic E-state index is -3.93. The summed E-state index contributed by atoms with van der Waals surface area (Å²) < 4.78 is 27.9. The van der Waals surface area contributed by atoms with E-state index in [0.29, 0.717) is 24.1 Å². The van der Waals surface area contributed by atoms with Crippen molar-refractivity contribution in [1.29, 1.82) is 0 Å². The van der Waals surface area contributed by atoms with Crippen molar-refractivity contribution < 1.29 is 27.7 Å². The molecule has 0 heterocycles. The van der Waals surface area contributed by atoms with Crippen LogP contribution < -0.4 is 0 Å². The van der Waals surface area contributed by atoms with E-state index in [9.17, 15) is 9.46 Å². The van der Waals surface area contributed by atoms with E-state index in [0.717, 1.165) is 13.0 Å². The topological polar surface area (TPSA) is 65.0 Å². The van der Waals surface area contributed by atoms with Crippen LogP contribution in [-0.4, -0.2) is 63.5 Å². The molecule has 0 saturated carbocycles. The first-order chi connectivity index (χ1) is 13.3. The van der Waals surface area contributed by atoms with Crippen LogP contribution in [0.4, 0.5) is 0 Å². The molecule has 0 aromatic rings. The third kappa shape index (κ3) is 22.3. The minimum Gasteiger partial charge on any atom is -0.381 e. The van der Waals surface area contributed by atoms with Gasteiger partial charge in [-0.15, -0.1) is 0 Å². The van der Waals surface area contributed by atoms with E-state index >= 15 is 0 Å². The molecule has 1 unspecified atom stereocenters. The van der Waals surface area contributed by atoms with Crippen LogP contribution in [0.5, 0.6) is 0 Å². The van der Waals surface area contributed by atoms with Gasteiger partial charge in [0.15, 0.2) is 0 Å². The molecule has 0 bridgehead atoms. The summed E-state index contributed by atoms with van der Waals surface area (Å²) in [5.74, 6) is 0. The predicted octanol–water partition coefficient (Wildman–Crippen LogP) is 5.54. The lowest BCUT2D eigenvalue weighted by Crippen LogP contribution is -2.37. The van der Waals surface area contributed by atoms with Crippen molar-refractivity contribution in [3.8, 4) is 0 Å².